The van der Waals surface area contributed by atoms with Crippen LogP contribution in [0.3, 0.4) is 0 Å². The molecule has 0 aliphatic carbocycles. The van der Waals surface area contributed by atoms with Crippen LogP contribution in [0.15, 0.2) is 69.3 Å². The zero-order valence-electron chi connectivity index (χ0n) is 13.5. The molecule has 0 atom stereocenters. The minimum atomic E-state index is -0.742. The highest BCUT2D eigenvalue weighted by Crippen LogP contribution is 2.10. The maximum Gasteiger partial charge on any atom is 0.317 e. The number of fused-ring (bicyclic) bond motifs is 1. The van der Waals surface area contributed by atoms with Crippen molar-refractivity contribution in [2.24, 2.45) is 0 Å². The van der Waals surface area contributed by atoms with Crippen molar-refractivity contribution in [1.82, 2.24) is 14.5 Å². The fraction of sp³-hybridized carbons (Fsp3) is 0.167. The summed E-state index contributed by atoms with van der Waals surface area (Å²) in [5, 5.41) is 2.67. The molecule has 3 rings (SSSR count). The number of para-hydroxylation sites is 2. The number of allylic oxidation sites excluding steroid dienone is 1. The molecule has 0 unspecified atom stereocenters. The van der Waals surface area contributed by atoms with E-state index in [1.54, 1.807) is 42.5 Å². The summed E-state index contributed by atoms with van der Waals surface area (Å²) in [4.78, 5) is 37.0. The Hall–Kier alpha value is -3.35. The van der Waals surface area contributed by atoms with Gasteiger partial charge in [-0.15, -0.1) is 6.58 Å². The first-order chi connectivity index (χ1) is 12.1. The summed E-state index contributed by atoms with van der Waals surface area (Å²) in [5.74, 6) is 0.219. The van der Waals surface area contributed by atoms with E-state index in [2.05, 4.69) is 11.9 Å². The van der Waals surface area contributed by atoms with Crippen LogP contribution in [-0.2, 0) is 24.4 Å². The molecule has 1 N–H and O–H groups in total. The molecular formula is C18H17N3O4. The van der Waals surface area contributed by atoms with Gasteiger partial charge in [-0.1, -0.05) is 18.2 Å². The topological polar surface area (TPSA) is 86.2 Å². The summed E-state index contributed by atoms with van der Waals surface area (Å²) in [6.07, 6.45) is 3.06. The first kappa shape index (κ1) is 16.5. The van der Waals surface area contributed by atoms with Gasteiger partial charge in [0.1, 0.15) is 12.3 Å². The average molecular weight is 339 g/mol. The molecule has 2 aromatic heterocycles. The number of hydrogen-bond donors (Lipinski definition) is 1. The second kappa shape index (κ2) is 7.04. The Bertz CT molecular complexity index is 1030. The van der Waals surface area contributed by atoms with E-state index in [4.69, 9.17) is 4.42 Å². The van der Waals surface area contributed by atoms with Crippen molar-refractivity contribution >= 4 is 16.9 Å². The van der Waals surface area contributed by atoms with Crippen molar-refractivity contribution in [3.63, 3.8) is 0 Å². The van der Waals surface area contributed by atoms with Crippen LogP contribution in [-0.4, -0.2) is 15.0 Å². The van der Waals surface area contributed by atoms with Gasteiger partial charge >= 0.3 is 11.1 Å². The van der Waals surface area contributed by atoms with Crippen molar-refractivity contribution in [3.05, 3.63) is 81.8 Å². The molecule has 25 heavy (non-hydrogen) atoms. The van der Waals surface area contributed by atoms with Crippen LogP contribution in [0.1, 0.15) is 5.76 Å². The van der Waals surface area contributed by atoms with Crippen molar-refractivity contribution < 1.29 is 9.21 Å². The lowest BCUT2D eigenvalue weighted by molar-refractivity contribution is -0.121. The predicted molar refractivity (Wildman–Crippen MR) is 93.2 cm³/mol. The Morgan fingerprint density at radius 3 is 2.40 bits per heavy atom. The maximum atomic E-state index is 12.4. The van der Waals surface area contributed by atoms with E-state index in [1.165, 1.54) is 15.4 Å². The molecule has 7 heteroatoms. The third-order valence-electron chi connectivity index (χ3n) is 3.79. The summed E-state index contributed by atoms with van der Waals surface area (Å²) in [6.45, 7) is 3.80. The van der Waals surface area contributed by atoms with Crippen molar-refractivity contribution in [2.75, 3.05) is 0 Å². The molecule has 0 saturated heterocycles. The molecule has 0 fully saturated rings. The molecule has 0 bridgehead atoms. The summed E-state index contributed by atoms with van der Waals surface area (Å²) in [7, 11) is 0. The van der Waals surface area contributed by atoms with E-state index in [9.17, 15) is 14.4 Å². The molecule has 0 radical (unpaired) electrons. The second-order valence-electron chi connectivity index (χ2n) is 5.44. The molecule has 0 aliphatic rings. The highest BCUT2D eigenvalue weighted by Gasteiger charge is 2.14. The zero-order valence-corrected chi connectivity index (χ0v) is 13.5. The number of benzene rings is 1. The van der Waals surface area contributed by atoms with Gasteiger partial charge in [-0.25, -0.2) is 0 Å². The Labute approximate surface area is 142 Å². The van der Waals surface area contributed by atoms with Crippen molar-refractivity contribution in [3.8, 4) is 0 Å². The van der Waals surface area contributed by atoms with Gasteiger partial charge in [0.15, 0.2) is 0 Å². The van der Waals surface area contributed by atoms with Gasteiger partial charge in [-0.3, -0.25) is 23.5 Å². The molecule has 7 nitrogen and oxygen atoms in total. The van der Waals surface area contributed by atoms with Crippen molar-refractivity contribution in [2.45, 2.75) is 19.6 Å². The van der Waals surface area contributed by atoms with E-state index in [0.717, 1.165) is 0 Å². The molecular weight excluding hydrogens is 322 g/mol. The van der Waals surface area contributed by atoms with Gasteiger partial charge in [0.05, 0.1) is 23.8 Å². The monoisotopic (exact) mass is 339 g/mol. The fourth-order valence-electron chi connectivity index (χ4n) is 2.64. The number of rotatable bonds is 6. The number of amides is 1. The van der Waals surface area contributed by atoms with Crippen LogP contribution in [0.5, 0.6) is 0 Å². The summed E-state index contributed by atoms with van der Waals surface area (Å²) >= 11 is 0. The van der Waals surface area contributed by atoms with Gasteiger partial charge < -0.3 is 9.73 Å². The van der Waals surface area contributed by atoms with Crippen molar-refractivity contribution in [1.29, 1.82) is 0 Å². The number of nitrogens with zero attached hydrogens (tertiary/aromatic N) is 2. The van der Waals surface area contributed by atoms with E-state index < -0.39 is 11.1 Å². The van der Waals surface area contributed by atoms with E-state index in [1.807, 2.05) is 0 Å². The fourth-order valence-corrected chi connectivity index (χ4v) is 2.64. The van der Waals surface area contributed by atoms with Gasteiger partial charge in [0.2, 0.25) is 5.91 Å². The molecule has 1 amide bonds. The van der Waals surface area contributed by atoms with Gasteiger partial charge in [-0.05, 0) is 24.3 Å². The smallest absolute Gasteiger partial charge is 0.317 e. The number of aromatic nitrogens is 2. The Balaban J connectivity index is 1.96. The molecule has 1 aromatic carbocycles. The van der Waals surface area contributed by atoms with Crippen LogP contribution >= 0.6 is 0 Å². The molecule has 0 saturated carbocycles. The molecule has 128 valence electrons. The number of carbonyl (C=O) groups is 1. The summed E-state index contributed by atoms with van der Waals surface area (Å²) in [6, 6.07) is 10.4. The first-order valence-electron chi connectivity index (χ1n) is 7.74. The molecule has 3 aromatic rings. The lowest BCUT2D eigenvalue weighted by Crippen LogP contribution is -2.43. The third kappa shape index (κ3) is 3.30. The predicted octanol–water partition coefficient (Wildman–Crippen LogP) is 1.26. The quantitative estimate of drug-likeness (QED) is 0.541. The third-order valence-corrected chi connectivity index (χ3v) is 3.79. The number of carbonyl (C=O) groups excluding carboxylic acids is 1. The normalized spacial score (nSPS) is 10.7. The van der Waals surface area contributed by atoms with Crippen LogP contribution in [0.4, 0.5) is 0 Å². The SMILES string of the molecule is C=CCn1c(=O)c(=O)n(CC(=O)NCc2ccco2)c2ccccc21. The Kier molecular flexibility index (Phi) is 4.65. The minimum Gasteiger partial charge on any atom is -0.467 e. The van der Waals surface area contributed by atoms with Crippen LogP contribution in [0.2, 0.25) is 0 Å². The Morgan fingerprint density at radius 2 is 1.76 bits per heavy atom. The summed E-state index contributed by atoms with van der Waals surface area (Å²) < 4.78 is 7.68. The number of hydrogen-bond acceptors (Lipinski definition) is 4. The highest BCUT2D eigenvalue weighted by atomic mass is 16.3. The number of furan rings is 1. The second-order valence-corrected chi connectivity index (χ2v) is 5.44. The van der Waals surface area contributed by atoms with Gasteiger partial charge in [0.25, 0.3) is 0 Å². The standard InChI is InChI=1S/C18H17N3O4/c1-2-9-20-14-7-3-4-8-15(14)21(18(24)17(20)23)12-16(22)19-11-13-6-5-10-25-13/h2-8,10H,1,9,11-12H2,(H,19,22). The molecule has 0 aliphatic heterocycles. The van der Waals surface area contributed by atoms with Gasteiger partial charge in [0, 0.05) is 6.54 Å². The molecule has 0 spiro atoms. The minimum absolute atomic E-state index is 0.214. The van der Waals surface area contributed by atoms with E-state index in [-0.39, 0.29) is 25.5 Å². The van der Waals surface area contributed by atoms with Crippen LogP contribution in [0.25, 0.3) is 11.0 Å². The zero-order chi connectivity index (χ0) is 17.8. The lowest BCUT2D eigenvalue weighted by Gasteiger charge is -2.13. The van der Waals surface area contributed by atoms with E-state index >= 15 is 0 Å². The average Bonchev–Trinajstić information content (AvgIpc) is 3.14. The first-order valence-corrected chi connectivity index (χ1v) is 7.74. The number of nitrogens with one attached hydrogen (secondary N) is 1. The van der Waals surface area contributed by atoms with Crippen LogP contribution < -0.4 is 16.4 Å². The van der Waals surface area contributed by atoms with Crippen LogP contribution in [0, 0.1) is 0 Å². The van der Waals surface area contributed by atoms with E-state index in [0.29, 0.717) is 16.8 Å². The summed E-state index contributed by atoms with van der Waals surface area (Å²) in [5.41, 5.74) is -0.334. The Morgan fingerprint density at radius 1 is 1.08 bits per heavy atom. The largest absolute Gasteiger partial charge is 0.467 e. The lowest BCUT2D eigenvalue weighted by atomic mass is 10.2. The van der Waals surface area contributed by atoms with Gasteiger partial charge in [-0.2, -0.15) is 0 Å². The maximum absolute atomic E-state index is 12.4. The molecule has 2 heterocycles. The highest BCUT2D eigenvalue weighted by molar-refractivity contribution is 5.80.